The molecule has 1 amide bonds. The number of carbonyl (C=O) groups excluding carboxylic acids is 1. The summed E-state index contributed by atoms with van der Waals surface area (Å²) < 4.78 is 0. The van der Waals surface area contributed by atoms with Crippen molar-refractivity contribution in [3.8, 4) is 0 Å². The Labute approximate surface area is 175 Å². The van der Waals surface area contributed by atoms with Gasteiger partial charge in [0, 0.05) is 25.2 Å². The second kappa shape index (κ2) is 9.41. The number of piperidine rings is 2. The van der Waals surface area contributed by atoms with Crippen molar-refractivity contribution < 1.29 is 4.79 Å². The third kappa shape index (κ3) is 5.27. The summed E-state index contributed by atoms with van der Waals surface area (Å²) in [5, 5.41) is 2.86. The fraction of sp³-hybridized carbons (Fsp3) is 0.783. The summed E-state index contributed by atoms with van der Waals surface area (Å²) in [6.45, 7) is 8.67. The van der Waals surface area contributed by atoms with Crippen LogP contribution in [-0.4, -0.2) is 59.0 Å². The van der Waals surface area contributed by atoms with E-state index >= 15 is 0 Å². The lowest BCUT2D eigenvalue weighted by atomic mass is 9.81. The third-order valence-corrected chi connectivity index (χ3v) is 7.14. The number of amides is 1. The first-order chi connectivity index (χ1) is 14.1. The van der Waals surface area contributed by atoms with E-state index in [1.165, 1.54) is 64.5 Å². The average molecular weight is 400 g/mol. The van der Waals surface area contributed by atoms with Crippen LogP contribution in [-0.2, 0) is 0 Å². The minimum atomic E-state index is -0.152. The zero-order valence-electron chi connectivity index (χ0n) is 18.1. The number of likely N-dealkylation sites (tertiary alicyclic amines) is 1. The lowest BCUT2D eigenvalue weighted by Gasteiger charge is -2.42. The molecule has 0 bridgehead atoms. The molecule has 2 aliphatic heterocycles. The van der Waals surface area contributed by atoms with Gasteiger partial charge in [-0.3, -0.25) is 4.79 Å². The zero-order chi connectivity index (χ0) is 20.2. The Balaban J connectivity index is 1.20. The van der Waals surface area contributed by atoms with Gasteiger partial charge in [0.15, 0.2) is 0 Å². The van der Waals surface area contributed by atoms with Crippen molar-refractivity contribution in [2.45, 2.75) is 77.3 Å². The van der Waals surface area contributed by atoms with Crippen molar-refractivity contribution in [2.75, 3.05) is 31.1 Å². The lowest BCUT2D eigenvalue weighted by Crippen LogP contribution is -2.45. The topological polar surface area (TPSA) is 61.4 Å². The molecule has 29 heavy (non-hydrogen) atoms. The highest BCUT2D eigenvalue weighted by Crippen LogP contribution is 2.33. The average Bonchev–Trinajstić information content (AvgIpc) is 2.68. The molecule has 1 aromatic rings. The molecule has 1 aromatic heterocycles. The van der Waals surface area contributed by atoms with Crippen molar-refractivity contribution in [1.82, 2.24) is 20.2 Å². The Morgan fingerprint density at radius 3 is 2.17 bits per heavy atom. The van der Waals surface area contributed by atoms with E-state index in [-0.39, 0.29) is 11.9 Å². The maximum Gasteiger partial charge on any atom is 0.271 e. The van der Waals surface area contributed by atoms with Gasteiger partial charge in [-0.1, -0.05) is 6.42 Å². The molecule has 6 heteroatoms. The summed E-state index contributed by atoms with van der Waals surface area (Å²) in [5.41, 5.74) is 0.394. The van der Waals surface area contributed by atoms with E-state index in [1.54, 1.807) is 12.4 Å². The molecule has 2 saturated heterocycles. The van der Waals surface area contributed by atoms with Crippen LogP contribution in [0.25, 0.3) is 0 Å². The fourth-order valence-electron chi connectivity index (χ4n) is 5.11. The SMILES string of the molecule is CC(C)NC(=O)c1cnc(N2CCC(CC3CCN(C4CCC4)CC3)CC2)cn1. The van der Waals surface area contributed by atoms with Gasteiger partial charge in [0.05, 0.1) is 12.4 Å². The number of rotatable bonds is 6. The van der Waals surface area contributed by atoms with E-state index in [1.807, 2.05) is 13.8 Å². The van der Waals surface area contributed by atoms with Crippen LogP contribution >= 0.6 is 0 Å². The third-order valence-electron chi connectivity index (χ3n) is 7.14. The molecule has 0 atom stereocenters. The first-order valence-corrected chi connectivity index (χ1v) is 11.7. The van der Waals surface area contributed by atoms with E-state index in [2.05, 4.69) is 25.1 Å². The molecule has 0 unspecified atom stereocenters. The minimum Gasteiger partial charge on any atom is -0.355 e. The highest BCUT2D eigenvalue weighted by molar-refractivity contribution is 5.92. The van der Waals surface area contributed by atoms with Gasteiger partial charge in [-0.05, 0) is 83.7 Å². The zero-order valence-corrected chi connectivity index (χ0v) is 18.1. The van der Waals surface area contributed by atoms with Crippen LogP contribution in [0, 0.1) is 11.8 Å². The minimum absolute atomic E-state index is 0.105. The summed E-state index contributed by atoms with van der Waals surface area (Å²) in [7, 11) is 0. The lowest BCUT2D eigenvalue weighted by molar-refractivity contribution is 0.0772. The number of carbonyl (C=O) groups is 1. The molecular formula is C23H37N5O. The number of nitrogens with one attached hydrogen (secondary N) is 1. The molecule has 0 aromatic carbocycles. The Morgan fingerprint density at radius 1 is 1.00 bits per heavy atom. The number of hydrogen-bond acceptors (Lipinski definition) is 5. The number of nitrogens with zero attached hydrogens (tertiary/aromatic N) is 4. The van der Waals surface area contributed by atoms with E-state index in [9.17, 15) is 4.79 Å². The predicted molar refractivity (Wildman–Crippen MR) is 116 cm³/mol. The summed E-state index contributed by atoms with van der Waals surface area (Å²) in [6, 6.07) is 1.02. The van der Waals surface area contributed by atoms with E-state index in [0.29, 0.717) is 5.69 Å². The van der Waals surface area contributed by atoms with Gasteiger partial charge in [0.2, 0.25) is 0 Å². The summed E-state index contributed by atoms with van der Waals surface area (Å²) in [5.74, 6) is 2.54. The number of hydrogen-bond donors (Lipinski definition) is 1. The van der Waals surface area contributed by atoms with Crippen LogP contribution in [0.15, 0.2) is 12.4 Å². The van der Waals surface area contributed by atoms with Crippen LogP contribution in [0.2, 0.25) is 0 Å². The van der Waals surface area contributed by atoms with E-state index in [4.69, 9.17) is 0 Å². The highest BCUT2D eigenvalue weighted by atomic mass is 16.1. The second-order valence-corrected chi connectivity index (χ2v) is 9.62. The van der Waals surface area contributed by atoms with Crippen molar-refractivity contribution in [1.29, 1.82) is 0 Å². The van der Waals surface area contributed by atoms with Crippen LogP contribution < -0.4 is 10.2 Å². The smallest absolute Gasteiger partial charge is 0.271 e. The van der Waals surface area contributed by atoms with Gasteiger partial charge in [-0.15, -0.1) is 0 Å². The number of anilines is 1. The van der Waals surface area contributed by atoms with Crippen LogP contribution in [0.5, 0.6) is 0 Å². The molecule has 160 valence electrons. The quantitative estimate of drug-likeness (QED) is 0.793. The Kier molecular flexibility index (Phi) is 6.68. The standard InChI is InChI=1S/C23H37N5O/c1-17(2)26-23(29)21-15-25-22(16-24-21)28-12-8-19(9-13-28)14-18-6-10-27(11-7-18)20-4-3-5-20/h15-20H,3-14H2,1-2H3,(H,26,29). The highest BCUT2D eigenvalue weighted by Gasteiger charge is 2.30. The van der Waals surface area contributed by atoms with Crippen molar-refractivity contribution in [3.63, 3.8) is 0 Å². The molecule has 0 spiro atoms. The van der Waals surface area contributed by atoms with Crippen LogP contribution in [0.3, 0.4) is 0 Å². The van der Waals surface area contributed by atoms with E-state index in [0.717, 1.165) is 36.8 Å². The molecule has 3 fully saturated rings. The predicted octanol–water partition coefficient (Wildman–Crippen LogP) is 3.49. The van der Waals surface area contributed by atoms with Crippen molar-refractivity contribution in [3.05, 3.63) is 18.1 Å². The first-order valence-electron chi connectivity index (χ1n) is 11.7. The molecule has 1 aliphatic carbocycles. The first kappa shape index (κ1) is 20.6. The summed E-state index contributed by atoms with van der Waals surface area (Å²) >= 11 is 0. The fourth-order valence-corrected chi connectivity index (χ4v) is 5.11. The van der Waals surface area contributed by atoms with Gasteiger partial charge in [-0.25, -0.2) is 9.97 Å². The molecule has 0 radical (unpaired) electrons. The molecule has 1 saturated carbocycles. The summed E-state index contributed by atoms with van der Waals surface area (Å²) in [4.78, 5) is 25.9. The Hall–Kier alpha value is -1.69. The van der Waals surface area contributed by atoms with Gasteiger partial charge >= 0.3 is 0 Å². The van der Waals surface area contributed by atoms with Gasteiger partial charge in [0.1, 0.15) is 11.5 Å². The van der Waals surface area contributed by atoms with Crippen molar-refractivity contribution in [2.24, 2.45) is 11.8 Å². The molecule has 4 rings (SSSR count). The Morgan fingerprint density at radius 2 is 1.66 bits per heavy atom. The molecule has 3 aliphatic rings. The van der Waals surface area contributed by atoms with Gasteiger partial charge in [0.25, 0.3) is 5.91 Å². The second-order valence-electron chi connectivity index (χ2n) is 9.62. The maximum absolute atomic E-state index is 12.0. The normalized spacial score (nSPS) is 22.7. The van der Waals surface area contributed by atoms with Crippen LogP contribution in [0.1, 0.15) is 75.7 Å². The van der Waals surface area contributed by atoms with Crippen molar-refractivity contribution >= 4 is 11.7 Å². The number of aromatic nitrogens is 2. The molecule has 3 heterocycles. The molecule has 6 nitrogen and oxygen atoms in total. The molecule has 1 N–H and O–H groups in total. The largest absolute Gasteiger partial charge is 0.355 e. The summed E-state index contributed by atoms with van der Waals surface area (Å²) in [6.07, 6.45) is 14.4. The monoisotopic (exact) mass is 399 g/mol. The van der Waals surface area contributed by atoms with Gasteiger partial charge in [-0.2, -0.15) is 0 Å². The Bertz CT molecular complexity index is 656. The van der Waals surface area contributed by atoms with Gasteiger partial charge < -0.3 is 15.1 Å². The van der Waals surface area contributed by atoms with E-state index < -0.39 is 0 Å². The van der Waals surface area contributed by atoms with Crippen LogP contribution in [0.4, 0.5) is 5.82 Å². The molecular weight excluding hydrogens is 362 g/mol. The maximum atomic E-state index is 12.0.